The van der Waals surface area contributed by atoms with Gasteiger partial charge in [0.2, 0.25) is 23.6 Å². The van der Waals surface area contributed by atoms with Gasteiger partial charge in [0.1, 0.15) is 12.8 Å². The molecular formula is C38H60N4O8. The minimum atomic E-state index is -0.210. The molecule has 0 aromatic heterocycles. The Kier molecular flexibility index (Phi) is 11.7. The molecule has 280 valence electrons. The van der Waals surface area contributed by atoms with Crippen LogP contribution in [-0.4, -0.2) is 124 Å². The Bertz CT molecular complexity index is 1040. The fourth-order valence-corrected chi connectivity index (χ4v) is 11.8. The van der Waals surface area contributed by atoms with Gasteiger partial charge in [-0.25, -0.2) is 0 Å². The molecule has 9 aliphatic rings. The molecule has 0 spiro atoms. The first kappa shape index (κ1) is 36.1. The molecule has 9 rings (SSSR count). The minimum Gasteiger partial charge on any atom is -0.377 e. The van der Waals surface area contributed by atoms with E-state index in [0.717, 1.165) is 74.0 Å². The summed E-state index contributed by atoms with van der Waals surface area (Å²) in [6, 6.07) is 0. The summed E-state index contributed by atoms with van der Waals surface area (Å²) in [5, 5.41) is 6.64. The largest absolute Gasteiger partial charge is 0.377 e. The predicted molar refractivity (Wildman–Crippen MR) is 184 cm³/mol. The average molecular weight is 701 g/mol. The van der Waals surface area contributed by atoms with Crippen molar-refractivity contribution in [3.8, 4) is 0 Å². The van der Waals surface area contributed by atoms with Gasteiger partial charge in [0.25, 0.3) is 0 Å². The molecule has 0 atom stereocenters. The van der Waals surface area contributed by atoms with Gasteiger partial charge in [0, 0.05) is 37.3 Å². The quantitative estimate of drug-likeness (QED) is 0.404. The normalized spacial score (nSPS) is 37.9. The molecule has 1 aliphatic heterocycles. The number of carbonyl (C=O) groups is 4. The molecule has 12 nitrogen and oxygen atoms in total. The van der Waals surface area contributed by atoms with Crippen LogP contribution in [-0.2, 0) is 38.1 Å². The van der Waals surface area contributed by atoms with Crippen molar-refractivity contribution in [2.45, 2.75) is 101 Å². The minimum absolute atomic E-state index is 0.113. The van der Waals surface area contributed by atoms with Gasteiger partial charge in [0.05, 0.1) is 52.9 Å². The Morgan fingerprint density at radius 1 is 0.440 bits per heavy atom. The lowest BCUT2D eigenvalue weighted by Crippen LogP contribution is -2.60. The highest BCUT2D eigenvalue weighted by Crippen LogP contribution is 2.56. The van der Waals surface area contributed by atoms with Crippen molar-refractivity contribution in [2.75, 3.05) is 79.0 Å². The Morgan fingerprint density at radius 2 is 0.700 bits per heavy atom. The van der Waals surface area contributed by atoms with E-state index >= 15 is 0 Å². The number of nitrogens with zero attached hydrogens (tertiary/aromatic N) is 2. The van der Waals surface area contributed by atoms with Gasteiger partial charge in [-0.2, -0.15) is 0 Å². The summed E-state index contributed by atoms with van der Waals surface area (Å²) in [6.45, 7) is 4.07. The van der Waals surface area contributed by atoms with Crippen LogP contribution in [0.25, 0.3) is 0 Å². The zero-order valence-corrected chi connectivity index (χ0v) is 30.0. The molecule has 1 heterocycles. The van der Waals surface area contributed by atoms with Crippen LogP contribution in [0.4, 0.5) is 0 Å². The van der Waals surface area contributed by atoms with Crippen LogP contribution in [0.15, 0.2) is 0 Å². The number of amides is 4. The van der Waals surface area contributed by atoms with E-state index in [0.29, 0.717) is 79.0 Å². The van der Waals surface area contributed by atoms with E-state index < -0.39 is 0 Å². The van der Waals surface area contributed by atoms with Crippen molar-refractivity contribution in [3.63, 3.8) is 0 Å². The number of carbonyl (C=O) groups excluding carboxylic acids is 4. The third-order valence-electron chi connectivity index (χ3n) is 13.0. The standard InChI is InChI=1S/C38H60N4O8/c43-33(39-37-21-27-13-28(22-37)15-29(14-27)23-37)19-35(45)41-1-5-47-9-10-49-7-3-42(4-8-50-12-11-48-6-2-41)36(46)20-34(44)40-38-24-30-16-31(25-38)18-32(17-30)26-38/h27-32H,1-26H2,(H,39,43)(H,40,44). The lowest BCUT2D eigenvalue weighted by Gasteiger charge is -2.56. The van der Waals surface area contributed by atoms with Gasteiger partial charge in [0.15, 0.2) is 0 Å². The van der Waals surface area contributed by atoms with Crippen LogP contribution in [0.5, 0.6) is 0 Å². The lowest BCUT2D eigenvalue weighted by molar-refractivity contribution is -0.141. The summed E-state index contributed by atoms with van der Waals surface area (Å²) in [6.07, 6.45) is 13.8. The van der Waals surface area contributed by atoms with Crippen LogP contribution in [0.1, 0.15) is 89.9 Å². The van der Waals surface area contributed by atoms with Crippen molar-refractivity contribution in [1.29, 1.82) is 0 Å². The molecule has 0 radical (unpaired) electrons. The molecule has 8 saturated carbocycles. The highest BCUT2D eigenvalue weighted by molar-refractivity contribution is 5.97. The Labute approximate surface area is 297 Å². The Balaban J connectivity index is 0.832. The van der Waals surface area contributed by atoms with Crippen molar-refractivity contribution >= 4 is 23.6 Å². The van der Waals surface area contributed by atoms with Crippen LogP contribution in [0.2, 0.25) is 0 Å². The second-order valence-corrected chi connectivity index (χ2v) is 17.1. The second-order valence-electron chi connectivity index (χ2n) is 17.1. The van der Waals surface area contributed by atoms with E-state index in [1.165, 1.54) is 38.5 Å². The van der Waals surface area contributed by atoms with Gasteiger partial charge in [-0.1, -0.05) is 0 Å². The zero-order chi connectivity index (χ0) is 34.6. The van der Waals surface area contributed by atoms with Crippen molar-refractivity contribution in [1.82, 2.24) is 20.4 Å². The number of rotatable bonds is 6. The van der Waals surface area contributed by atoms with Gasteiger partial charge in [-0.15, -0.1) is 0 Å². The third kappa shape index (κ3) is 9.19. The van der Waals surface area contributed by atoms with E-state index in [1.54, 1.807) is 9.80 Å². The van der Waals surface area contributed by atoms with Crippen LogP contribution >= 0.6 is 0 Å². The molecule has 4 amide bonds. The second kappa shape index (κ2) is 16.2. The number of nitrogens with one attached hydrogen (secondary N) is 2. The van der Waals surface area contributed by atoms with Crippen molar-refractivity contribution < 1.29 is 38.1 Å². The molecule has 0 aromatic carbocycles. The number of hydrogen-bond acceptors (Lipinski definition) is 8. The van der Waals surface area contributed by atoms with Crippen LogP contribution in [0.3, 0.4) is 0 Å². The highest BCUT2D eigenvalue weighted by Gasteiger charge is 2.52. The summed E-state index contributed by atoms with van der Waals surface area (Å²) in [5.41, 5.74) is -0.225. The maximum Gasteiger partial charge on any atom is 0.232 e. The smallest absolute Gasteiger partial charge is 0.232 e. The summed E-state index contributed by atoms with van der Waals surface area (Å²) in [4.78, 5) is 56.1. The van der Waals surface area contributed by atoms with Gasteiger partial charge in [-0.3, -0.25) is 19.2 Å². The van der Waals surface area contributed by atoms with E-state index in [2.05, 4.69) is 10.6 Å². The van der Waals surface area contributed by atoms with Gasteiger partial charge in [-0.05, 0) is 113 Å². The van der Waals surface area contributed by atoms with E-state index in [9.17, 15) is 19.2 Å². The molecule has 9 fully saturated rings. The number of hydrogen-bond donors (Lipinski definition) is 2. The van der Waals surface area contributed by atoms with Crippen molar-refractivity contribution in [3.05, 3.63) is 0 Å². The molecule has 2 N–H and O–H groups in total. The summed E-state index contributed by atoms with van der Waals surface area (Å²) in [7, 11) is 0. The fraction of sp³-hybridized carbons (Fsp3) is 0.895. The molecular weight excluding hydrogens is 640 g/mol. The van der Waals surface area contributed by atoms with Gasteiger partial charge >= 0.3 is 0 Å². The lowest BCUT2D eigenvalue weighted by atomic mass is 9.53. The van der Waals surface area contributed by atoms with E-state index in [-0.39, 0.29) is 47.5 Å². The zero-order valence-electron chi connectivity index (χ0n) is 30.0. The SMILES string of the molecule is O=C(CC(=O)N1CCOCCOCCN(C(=O)CC(=O)NC23CC4CC(CC(C4)C2)C3)CCOCCOCC1)NC12CC3CC(CC(C3)C1)C2. The number of ether oxygens (including phenoxy) is 4. The third-order valence-corrected chi connectivity index (χ3v) is 13.0. The topological polar surface area (TPSA) is 136 Å². The molecule has 12 heteroatoms. The molecule has 0 unspecified atom stereocenters. The predicted octanol–water partition coefficient (Wildman–Crippen LogP) is 2.67. The maximum atomic E-state index is 13.3. The highest BCUT2D eigenvalue weighted by atomic mass is 16.5. The maximum absolute atomic E-state index is 13.3. The van der Waals surface area contributed by atoms with E-state index in [4.69, 9.17) is 18.9 Å². The molecule has 8 aliphatic carbocycles. The molecule has 0 aromatic rings. The first-order valence-corrected chi connectivity index (χ1v) is 19.7. The Hall–Kier alpha value is -2.28. The first-order valence-electron chi connectivity index (χ1n) is 19.7. The summed E-state index contributed by atoms with van der Waals surface area (Å²) in [5.74, 6) is 3.57. The van der Waals surface area contributed by atoms with Crippen LogP contribution < -0.4 is 10.6 Å². The van der Waals surface area contributed by atoms with Crippen molar-refractivity contribution in [2.24, 2.45) is 35.5 Å². The first-order chi connectivity index (χ1) is 24.2. The monoisotopic (exact) mass is 700 g/mol. The van der Waals surface area contributed by atoms with Crippen LogP contribution in [0, 0.1) is 35.5 Å². The summed E-state index contributed by atoms with van der Waals surface area (Å²) >= 11 is 0. The van der Waals surface area contributed by atoms with E-state index in [1.807, 2.05) is 0 Å². The van der Waals surface area contributed by atoms with Gasteiger partial charge < -0.3 is 39.4 Å². The Morgan fingerprint density at radius 3 is 0.960 bits per heavy atom. The molecule has 50 heavy (non-hydrogen) atoms. The fourth-order valence-electron chi connectivity index (χ4n) is 11.8. The molecule has 1 saturated heterocycles. The average Bonchev–Trinajstić information content (AvgIpc) is 3.02. The summed E-state index contributed by atoms with van der Waals surface area (Å²) < 4.78 is 23.1. The molecule has 8 bridgehead atoms.